The van der Waals surface area contributed by atoms with E-state index in [-0.39, 0.29) is 0 Å². The Kier molecular flexibility index (Phi) is 9.57. The van der Waals surface area contributed by atoms with Gasteiger partial charge in [-0.05, 0) is 122 Å². The highest BCUT2D eigenvalue weighted by molar-refractivity contribution is 6.16. The first kappa shape index (κ1) is 36.8. The van der Waals surface area contributed by atoms with Gasteiger partial charge in [-0.25, -0.2) is 0 Å². The van der Waals surface area contributed by atoms with Gasteiger partial charge in [-0.15, -0.1) is 0 Å². The molecule has 0 amide bonds. The molecule has 0 aliphatic carbocycles. The van der Waals surface area contributed by atoms with Crippen molar-refractivity contribution in [3.63, 3.8) is 0 Å². The molecule has 0 radical (unpaired) electrons. The first-order chi connectivity index (χ1) is 30.7. The van der Waals surface area contributed by atoms with E-state index in [2.05, 4.69) is 264 Å². The van der Waals surface area contributed by atoms with E-state index in [0.29, 0.717) is 0 Å². The van der Waals surface area contributed by atoms with Gasteiger partial charge in [0.15, 0.2) is 0 Å². The van der Waals surface area contributed by atoms with E-state index in [0.717, 1.165) is 28.3 Å². The van der Waals surface area contributed by atoms with Crippen molar-refractivity contribution in [3.8, 4) is 61.3 Å². The maximum Gasteiger partial charge on any atom is 0.0547 e. The molecule has 11 rings (SSSR count). The van der Waals surface area contributed by atoms with Gasteiger partial charge >= 0.3 is 0 Å². The summed E-state index contributed by atoms with van der Waals surface area (Å²) >= 11 is 0. The van der Waals surface area contributed by atoms with Gasteiger partial charge in [0, 0.05) is 33.5 Å². The number of benzene rings is 10. The fraction of sp³-hybridized carbons (Fsp3) is 0. The lowest BCUT2D eigenvalue weighted by Crippen LogP contribution is -2.09. The third kappa shape index (κ3) is 6.94. The Morgan fingerprint density at radius 2 is 0.677 bits per heavy atom. The predicted octanol–water partition coefficient (Wildman–Crippen LogP) is 16.6. The summed E-state index contributed by atoms with van der Waals surface area (Å²) in [5, 5.41) is 2.50. The van der Waals surface area contributed by atoms with Crippen LogP contribution in [0.5, 0.6) is 0 Å². The van der Waals surface area contributed by atoms with Gasteiger partial charge in [-0.2, -0.15) is 0 Å². The van der Waals surface area contributed by atoms with Gasteiger partial charge in [0.1, 0.15) is 0 Å². The van der Waals surface area contributed by atoms with Gasteiger partial charge in [0.2, 0.25) is 0 Å². The minimum Gasteiger partial charge on any atom is -0.310 e. The molecule has 2 heteroatoms. The second-order valence-electron chi connectivity index (χ2n) is 15.8. The molecular weight excluding hydrogens is 749 g/mol. The molecule has 0 N–H and O–H groups in total. The summed E-state index contributed by atoms with van der Waals surface area (Å²) in [5.41, 5.74) is 18.8. The van der Waals surface area contributed by atoms with Gasteiger partial charge in [-0.1, -0.05) is 188 Å². The number of fused-ring (bicyclic) bond motifs is 3. The number of rotatable bonds is 9. The zero-order chi connectivity index (χ0) is 41.2. The molecule has 0 aliphatic rings. The summed E-state index contributed by atoms with van der Waals surface area (Å²) in [5.74, 6) is 0. The lowest BCUT2D eigenvalue weighted by Gasteiger charge is -2.26. The Balaban J connectivity index is 0.942. The zero-order valence-electron chi connectivity index (χ0n) is 34.1. The number of anilines is 3. The van der Waals surface area contributed by atoms with Crippen LogP contribution < -0.4 is 4.90 Å². The summed E-state index contributed by atoms with van der Waals surface area (Å²) in [6, 6.07) is 91.9. The topological polar surface area (TPSA) is 8.17 Å². The summed E-state index contributed by atoms with van der Waals surface area (Å²) < 4.78 is 2.41. The molecule has 1 heterocycles. The molecule has 11 aromatic rings. The van der Waals surface area contributed by atoms with Crippen molar-refractivity contribution in [1.82, 2.24) is 4.57 Å². The Labute approximate surface area is 362 Å². The molecule has 0 saturated carbocycles. The third-order valence-electron chi connectivity index (χ3n) is 12.0. The van der Waals surface area contributed by atoms with Crippen LogP contribution in [0, 0.1) is 0 Å². The normalized spacial score (nSPS) is 11.2. The van der Waals surface area contributed by atoms with Gasteiger partial charge in [0.05, 0.1) is 11.0 Å². The Morgan fingerprint density at radius 1 is 0.258 bits per heavy atom. The number of hydrogen-bond donors (Lipinski definition) is 0. The van der Waals surface area contributed by atoms with Crippen LogP contribution in [0.15, 0.2) is 255 Å². The van der Waals surface area contributed by atoms with E-state index in [1.807, 2.05) is 0 Å². The molecular formula is C60H42N2. The summed E-state index contributed by atoms with van der Waals surface area (Å²) in [4.78, 5) is 2.34. The van der Waals surface area contributed by atoms with E-state index in [1.54, 1.807) is 0 Å². The molecule has 292 valence electrons. The maximum absolute atomic E-state index is 2.41. The van der Waals surface area contributed by atoms with Crippen LogP contribution in [0.2, 0.25) is 0 Å². The molecule has 0 saturated heterocycles. The molecule has 10 aromatic carbocycles. The second-order valence-corrected chi connectivity index (χ2v) is 15.8. The van der Waals surface area contributed by atoms with Crippen molar-refractivity contribution in [2.45, 2.75) is 0 Å². The lowest BCUT2D eigenvalue weighted by atomic mass is 9.95. The molecule has 2 nitrogen and oxygen atoms in total. The van der Waals surface area contributed by atoms with Crippen molar-refractivity contribution in [1.29, 1.82) is 0 Å². The van der Waals surface area contributed by atoms with Crippen LogP contribution in [0.1, 0.15) is 0 Å². The average Bonchev–Trinajstić information content (AvgIpc) is 3.70. The first-order valence-electron chi connectivity index (χ1n) is 21.3. The SMILES string of the molecule is c1ccc(-c2ccc(-c3ccc(N(c4ccccc4)c4cccc(-c5cccc(-c6cccc7c6c6ccccc6n7-c6ccc(-c7ccccc7)cc6)c5)c4)cc3)cc2)cc1. The van der Waals surface area contributed by atoms with Crippen molar-refractivity contribution in [2.24, 2.45) is 0 Å². The molecule has 0 aliphatic heterocycles. The molecule has 0 spiro atoms. The van der Waals surface area contributed by atoms with E-state index in [4.69, 9.17) is 0 Å². The third-order valence-corrected chi connectivity index (χ3v) is 12.0. The number of aromatic nitrogens is 1. The van der Waals surface area contributed by atoms with Crippen LogP contribution in [-0.2, 0) is 0 Å². The van der Waals surface area contributed by atoms with Gasteiger partial charge in [0.25, 0.3) is 0 Å². The van der Waals surface area contributed by atoms with Crippen molar-refractivity contribution in [3.05, 3.63) is 255 Å². The monoisotopic (exact) mass is 790 g/mol. The van der Waals surface area contributed by atoms with E-state index in [9.17, 15) is 0 Å². The van der Waals surface area contributed by atoms with Crippen molar-refractivity contribution >= 4 is 38.9 Å². The maximum atomic E-state index is 2.41. The highest BCUT2D eigenvalue weighted by Crippen LogP contribution is 2.41. The van der Waals surface area contributed by atoms with Gasteiger partial charge in [-0.3, -0.25) is 0 Å². The summed E-state index contributed by atoms with van der Waals surface area (Å²) in [6.45, 7) is 0. The summed E-state index contributed by atoms with van der Waals surface area (Å²) in [7, 11) is 0. The Bertz CT molecular complexity index is 3290. The minimum atomic E-state index is 1.10. The van der Waals surface area contributed by atoms with E-state index < -0.39 is 0 Å². The summed E-state index contributed by atoms with van der Waals surface area (Å²) in [6.07, 6.45) is 0. The standard InChI is InChI=1S/C60H42N2/c1-4-15-43(16-5-1)45-29-31-46(32-30-45)48-33-37-53(38-34-48)61(52-22-8-3-9-23-52)55-24-13-20-50(42-55)49-19-12-21-51(41-49)56-26-14-28-59-60(56)57-25-10-11-27-58(57)62(59)54-39-35-47(36-40-54)44-17-6-2-7-18-44/h1-42H. The first-order valence-corrected chi connectivity index (χ1v) is 21.3. The highest BCUT2D eigenvalue weighted by Gasteiger charge is 2.18. The largest absolute Gasteiger partial charge is 0.310 e. The van der Waals surface area contributed by atoms with Gasteiger partial charge < -0.3 is 9.47 Å². The molecule has 62 heavy (non-hydrogen) atoms. The van der Waals surface area contributed by atoms with Crippen LogP contribution in [0.25, 0.3) is 83.1 Å². The quantitative estimate of drug-likeness (QED) is 0.141. The van der Waals surface area contributed by atoms with E-state index >= 15 is 0 Å². The van der Waals surface area contributed by atoms with E-state index in [1.165, 1.54) is 71.9 Å². The molecule has 0 fully saturated rings. The van der Waals surface area contributed by atoms with Crippen molar-refractivity contribution in [2.75, 3.05) is 4.90 Å². The molecule has 1 aromatic heterocycles. The Morgan fingerprint density at radius 3 is 1.32 bits per heavy atom. The Hall–Kier alpha value is -8.20. The van der Waals surface area contributed by atoms with Crippen LogP contribution >= 0.6 is 0 Å². The second kappa shape index (κ2) is 16.1. The van der Waals surface area contributed by atoms with Crippen LogP contribution in [0.4, 0.5) is 17.1 Å². The van der Waals surface area contributed by atoms with Crippen molar-refractivity contribution < 1.29 is 0 Å². The van der Waals surface area contributed by atoms with Crippen LogP contribution in [0.3, 0.4) is 0 Å². The predicted molar refractivity (Wildman–Crippen MR) is 263 cm³/mol. The fourth-order valence-electron chi connectivity index (χ4n) is 8.98. The zero-order valence-corrected chi connectivity index (χ0v) is 34.1. The number of nitrogens with zero attached hydrogens (tertiary/aromatic N) is 2. The fourth-order valence-corrected chi connectivity index (χ4v) is 8.98. The van der Waals surface area contributed by atoms with Crippen LogP contribution in [-0.4, -0.2) is 4.57 Å². The lowest BCUT2D eigenvalue weighted by molar-refractivity contribution is 1.18. The average molecular weight is 791 g/mol. The molecule has 0 atom stereocenters. The molecule has 0 bridgehead atoms. The highest BCUT2D eigenvalue weighted by atomic mass is 15.1. The number of para-hydroxylation sites is 2. The minimum absolute atomic E-state index is 1.10. The number of hydrogen-bond acceptors (Lipinski definition) is 1. The smallest absolute Gasteiger partial charge is 0.0547 e. The molecule has 0 unspecified atom stereocenters.